The van der Waals surface area contributed by atoms with Crippen molar-refractivity contribution in [2.45, 2.75) is 18.7 Å². The Morgan fingerprint density at radius 2 is 1.86 bits per heavy atom. The van der Waals surface area contributed by atoms with Crippen molar-refractivity contribution in [3.8, 4) is 11.5 Å². The molecule has 0 amide bonds. The van der Waals surface area contributed by atoms with E-state index in [0.29, 0.717) is 27.9 Å². The fourth-order valence-electron chi connectivity index (χ4n) is 2.59. The highest BCUT2D eigenvalue weighted by Crippen LogP contribution is 2.49. The first-order valence-electron chi connectivity index (χ1n) is 6.73. The Morgan fingerprint density at radius 1 is 1.18 bits per heavy atom. The molecule has 1 aliphatic heterocycles. The van der Waals surface area contributed by atoms with E-state index in [4.69, 9.17) is 16.3 Å². The molecule has 1 heterocycles. The fourth-order valence-corrected chi connectivity index (χ4v) is 3.67. The number of ether oxygens (including phenoxy) is 1. The molecule has 1 unspecified atom stereocenters. The zero-order valence-electron chi connectivity index (χ0n) is 11.7. The molecule has 2 aromatic carbocycles. The highest BCUT2D eigenvalue weighted by molar-refractivity contribution is 7.86. The van der Waals surface area contributed by atoms with Gasteiger partial charge in [0.1, 0.15) is 0 Å². The van der Waals surface area contributed by atoms with E-state index in [1.807, 2.05) is 0 Å². The van der Waals surface area contributed by atoms with E-state index in [2.05, 4.69) is 0 Å². The lowest BCUT2D eigenvalue weighted by Gasteiger charge is -2.36. The molecular formula is C15H14ClNO4S. The lowest BCUT2D eigenvalue weighted by atomic mass is 10.1. The summed E-state index contributed by atoms with van der Waals surface area (Å²) >= 11 is 6.04. The third-order valence-electron chi connectivity index (χ3n) is 3.51. The first-order chi connectivity index (χ1) is 10.4. The van der Waals surface area contributed by atoms with Crippen molar-refractivity contribution >= 4 is 33.1 Å². The molecular weight excluding hydrogens is 326 g/mol. The van der Waals surface area contributed by atoms with Crippen molar-refractivity contribution in [3.05, 3.63) is 47.5 Å². The third kappa shape index (κ3) is 2.54. The van der Waals surface area contributed by atoms with Crippen LogP contribution in [0.4, 0.5) is 11.4 Å². The Balaban J connectivity index is 2.26. The molecule has 3 rings (SSSR count). The van der Waals surface area contributed by atoms with Crippen LogP contribution in [0, 0.1) is 0 Å². The first kappa shape index (κ1) is 15.1. The van der Waals surface area contributed by atoms with Crippen molar-refractivity contribution < 1.29 is 17.7 Å². The molecule has 0 saturated heterocycles. The summed E-state index contributed by atoms with van der Waals surface area (Å²) in [6.07, 6.45) is 0.207. The van der Waals surface area contributed by atoms with Gasteiger partial charge in [-0.3, -0.25) is 4.55 Å². The normalized spacial score (nSPS) is 14.8. The predicted molar refractivity (Wildman–Crippen MR) is 85.7 cm³/mol. The summed E-state index contributed by atoms with van der Waals surface area (Å²) in [7, 11) is -4.29. The van der Waals surface area contributed by atoms with Gasteiger partial charge in [0, 0.05) is 5.02 Å². The summed E-state index contributed by atoms with van der Waals surface area (Å²) in [4.78, 5) is 1.55. The van der Waals surface area contributed by atoms with Gasteiger partial charge in [0.25, 0.3) is 10.1 Å². The van der Waals surface area contributed by atoms with Crippen LogP contribution in [0.1, 0.15) is 13.3 Å². The highest BCUT2D eigenvalue weighted by atomic mass is 35.5. The number of hydrogen-bond acceptors (Lipinski definition) is 4. The van der Waals surface area contributed by atoms with E-state index < -0.39 is 15.5 Å². The topological polar surface area (TPSA) is 66.8 Å². The van der Waals surface area contributed by atoms with Crippen molar-refractivity contribution in [2.75, 3.05) is 4.90 Å². The Kier molecular flexibility index (Phi) is 3.76. The van der Waals surface area contributed by atoms with Crippen molar-refractivity contribution in [3.63, 3.8) is 0 Å². The van der Waals surface area contributed by atoms with Crippen LogP contribution in [0.2, 0.25) is 5.02 Å². The van der Waals surface area contributed by atoms with Gasteiger partial charge in [-0.2, -0.15) is 8.42 Å². The average Bonchev–Trinajstić information content (AvgIpc) is 2.46. The standard InChI is InChI=1S/C15H14ClNO4S/c1-2-15(22(18,19)20)17-11-5-3-4-6-13(11)21-14-8-7-10(16)9-12(14)17/h3-9,15H,2H2,1H3,(H,18,19,20). The van der Waals surface area contributed by atoms with Gasteiger partial charge in [0.15, 0.2) is 16.9 Å². The number of halogens is 1. The van der Waals surface area contributed by atoms with Gasteiger partial charge in [-0.1, -0.05) is 30.7 Å². The minimum absolute atomic E-state index is 0.207. The van der Waals surface area contributed by atoms with Crippen LogP contribution in [0.5, 0.6) is 11.5 Å². The number of rotatable bonds is 3. The van der Waals surface area contributed by atoms with Gasteiger partial charge >= 0.3 is 0 Å². The zero-order chi connectivity index (χ0) is 15.9. The summed E-state index contributed by atoms with van der Waals surface area (Å²) in [6.45, 7) is 1.70. The van der Waals surface area contributed by atoms with Crippen molar-refractivity contribution in [2.24, 2.45) is 0 Å². The highest BCUT2D eigenvalue weighted by Gasteiger charge is 2.35. The molecule has 1 atom stereocenters. The minimum atomic E-state index is -4.29. The quantitative estimate of drug-likeness (QED) is 0.848. The van der Waals surface area contributed by atoms with E-state index in [-0.39, 0.29) is 6.42 Å². The van der Waals surface area contributed by atoms with Gasteiger partial charge in [-0.05, 0) is 36.8 Å². The summed E-state index contributed by atoms with van der Waals surface area (Å²) in [5.41, 5.74) is 1.08. The Morgan fingerprint density at radius 3 is 2.55 bits per heavy atom. The smallest absolute Gasteiger partial charge is 0.286 e. The summed E-state index contributed by atoms with van der Waals surface area (Å²) in [5, 5.41) is -0.660. The second-order valence-corrected chi connectivity index (χ2v) is 6.94. The lowest BCUT2D eigenvalue weighted by molar-refractivity contribution is 0.451. The maximum atomic E-state index is 11.8. The summed E-state index contributed by atoms with van der Waals surface area (Å²) < 4.78 is 39.0. The molecule has 0 aliphatic carbocycles. The molecule has 7 heteroatoms. The number of hydrogen-bond donors (Lipinski definition) is 1. The van der Waals surface area contributed by atoms with Crippen molar-refractivity contribution in [1.82, 2.24) is 0 Å². The number of nitrogens with zero attached hydrogens (tertiary/aromatic N) is 1. The Hall–Kier alpha value is -1.76. The molecule has 2 aromatic rings. The Bertz CT molecular complexity index is 822. The summed E-state index contributed by atoms with van der Waals surface area (Å²) in [6, 6.07) is 12.0. The average molecular weight is 340 g/mol. The Labute approximate surface area is 133 Å². The number of fused-ring (bicyclic) bond motifs is 2. The molecule has 0 bridgehead atoms. The number of anilines is 2. The molecule has 116 valence electrons. The van der Waals surface area contributed by atoms with Crippen LogP contribution in [0.25, 0.3) is 0 Å². The second-order valence-electron chi connectivity index (χ2n) is 4.93. The molecule has 0 fully saturated rings. The van der Waals surface area contributed by atoms with Crippen LogP contribution in [0.15, 0.2) is 42.5 Å². The monoisotopic (exact) mass is 339 g/mol. The van der Waals surface area contributed by atoms with E-state index in [9.17, 15) is 13.0 Å². The lowest BCUT2D eigenvalue weighted by Crippen LogP contribution is -2.38. The van der Waals surface area contributed by atoms with Crippen LogP contribution in [-0.2, 0) is 10.1 Å². The van der Waals surface area contributed by atoms with Gasteiger partial charge in [-0.15, -0.1) is 0 Å². The van der Waals surface area contributed by atoms with E-state index in [1.165, 1.54) is 0 Å². The van der Waals surface area contributed by atoms with Crippen molar-refractivity contribution in [1.29, 1.82) is 0 Å². The van der Waals surface area contributed by atoms with Crippen LogP contribution in [-0.4, -0.2) is 18.3 Å². The largest absolute Gasteiger partial charge is 0.453 e. The van der Waals surface area contributed by atoms with Crippen LogP contribution < -0.4 is 9.64 Å². The predicted octanol–water partition coefficient (Wildman–Crippen LogP) is 4.21. The molecule has 5 nitrogen and oxygen atoms in total. The maximum absolute atomic E-state index is 11.8. The molecule has 22 heavy (non-hydrogen) atoms. The van der Waals surface area contributed by atoms with E-state index >= 15 is 0 Å². The van der Waals surface area contributed by atoms with Gasteiger partial charge in [0.2, 0.25) is 0 Å². The molecule has 0 aromatic heterocycles. The second kappa shape index (κ2) is 5.46. The molecule has 0 radical (unpaired) electrons. The molecule has 0 saturated carbocycles. The minimum Gasteiger partial charge on any atom is -0.453 e. The van der Waals surface area contributed by atoms with Crippen LogP contribution in [0.3, 0.4) is 0 Å². The third-order valence-corrected chi connectivity index (χ3v) is 4.97. The maximum Gasteiger partial charge on any atom is 0.286 e. The van der Waals surface area contributed by atoms with Gasteiger partial charge < -0.3 is 9.64 Å². The first-order valence-corrected chi connectivity index (χ1v) is 8.62. The molecule has 1 aliphatic rings. The molecule has 1 N–H and O–H groups in total. The van der Waals surface area contributed by atoms with Gasteiger partial charge in [-0.25, -0.2) is 0 Å². The van der Waals surface area contributed by atoms with Gasteiger partial charge in [0.05, 0.1) is 11.4 Å². The zero-order valence-corrected chi connectivity index (χ0v) is 13.3. The SMILES string of the molecule is CCC(N1c2ccccc2Oc2ccc(Cl)cc21)S(=O)(=O)O. The van der Waals surface area contributed by atoms with E-state index in [1.54, 1.807) is 54.3 Å². The summed E-state index contributed by atoms with van der Waals surface area (Å²) in [5.74, 6) is 1.02. The van der Waals surface area contributed by atoms with Crippen LogP contribution >= 0.6 is 11.6 Å². The van der Waals surface area contributed by atoms with E-state index in [0.717, 1.165) is 0 Å². The fraction of sp³-hybridized carbons (Fsp3) is 0.200. The number of benzene rings is 2. The number of para-hydroxylation sites is 2. The molecule has 0 spiro atoms.